The molecule has 1 heterocycles. The minimum atomic E-state index is 0.619. The topological polar surface area (TPSA) is 62.5 Å². The summed E-state index contributed by atoms with van der Waals surface area (Å²) in [6, 6.07) is 64.2. The molecule has 4 heteroatoms. The molecule has 0 aliphatic carbocycles. The second-order valence-corrected chi connectivity index (χ2v) is 12.0. The lowest BCUT2D eigenvalue weighted by molar-refractivity contribution is 1.07. The zero-order valence-electron chi connectivity index (χ0n) is 27.1. The Labute approximate surface area is 291 Å². The van der Waals surface area contributed by atoms with Crippen molar-refractivity contribution in [1.82, 2.24) is 15.0 Å². The molecule has 0 bridgehead atoms. The molecule has 0 saturated heterocycles. The third-order valence-corrected chi connectivity index (χ3v) is 8.81. The van der Waals surface area contributed by atoms with Gasteiger partial charge in [-0.05, 0) is 68.8 Å². The Morgan fingerprint density at radius 2 is 0.560 bits per heavy atom. The highest BCUT2D eigenvalue weighted by Gasteiger charge is 2.17. The van der Waals surface area contributed by atoms with E-state index in [2.05, 4.69) is 91.0 Å². The van der Waals surface area contributed by atoms with E-state index in [1.807, 2.05) is 97.1 Å². The maximum atomic E-state index is 9.45. The largest absolute Gasteiger partial charge is 0.208 e. The molecule has 50 heavy (non-hydrogen) atoms. The van der Waals surface area contributed by atoms with E-state index in [0.29, 0.717) is 23.0 Å². The van der Waals surface area contributed by atoms with Gasteiger partial charge in [-0.1, -0.05) is 158 Å². The molecule has 4 nitrogen and oxygen atoms in total. The van der Waals surface area contributed by atoms with Crippen molar-refractivity contribution in [2.24, 2.45) is 0 Å². The van der Waals surface area contributed by atoms with Gasteiger partial charge in [0.2, 0.25) is 0 Å². The number of hydrogen-bond acceptors (Lipinski definition) is 4. The maximum absolute atomic E-state index is 9.45. The van der Waals surface area contributed by atoms with E-state index in [1.54, 1.807) is 0 Å². The van der Waals surface area contributed by atoms with Crippen LogP contribution >= 0.6 is 0 Å². The fraction of sp³-hybridized carbons (Fsp3) is 0. The Balaban J connectivity index is 1.28. The molecule has 0 fully saturated rings. The van der Waals surface area contributed by atoms with Crippen LogP contribution in [0.4, 0.5) is 0 Å². The van der Waals surface area contributed by atoms with Gasteiger partial charge in [-0.15, -0.1) is 0 Å². The average molecular weight is 639 g/mol. The van der Waals surface area contributed by atoms with E-state index in [9.17, 15) is 5.26 Å². The first kappa shape index (κ1) is 30.4. The highest BCUT2D eigenvalue weighted by Crippen LogP contribution is 2.42. The molecule has 0 spiro atoms. The number of nitrogens with zero attached hydrogens (tertiary/aromatic N) is 4. The first-order valence-electron chi connectivity index (χ1n) is 16.5. The Morgan fingerprint density at radius 1 is 0.300 bits per heavy atom. The lowest BCUT2D eigenvalue weighted by Crippen LogP contribution is -2.00. The Hall–Kier alpha value is -6.96. The molecule has 0 aliphatic rings. The van der Waals surface area contributed by atoms with Crippen LogP contribution < -0.4 is 0 Å². The molecule has 0 radical (unpaired) electrons. The van der Waals surface area contributed by atoms with E-state index in [4.69, 9.17) is 15.0 Å². The van der Waals surface area contributed by atoms with Crippen molar-refractivity contribution in [2.75, 3.05) is 0 Å². The molecule has 0 saturated carbocycles. The molecule has 0 amide bonds. The van der Waals surface area contributed by atoms with Gasteiger partial charge in [0, 0.05) is 16.7 Å². The molecule has 8 rings (SSSR count). The van der Waals surface area contributed by atoms with Gasteiger partial charge in [0.15, 0.2) is 17.5 Å². The predicted molar refractivity (Wildman–Crippen MR) is 203 cm³/mol. The van der Waals surface area contributed by atoms with Crippen molar-refractivity contribution in [1.29, 1.82) is 5.26 Å². The first-order valence-corrected chi connectivity index (χ1v) is 16.5. The van der Waals surface area contributed by atoms with Crippen LogP contribution in [0.25, 0.3) is 78.7 Å². The predicted octanol–water partition coefficient (Wildman–Crippen LogP) is 11.4. The van der Waals surface area contributed by atoms with Gasteiger partial charge >= 0.3 is 0 Å². The zero-order chi connectivity index (χ0) is 33.7. The molecule has 234 valence electrons. The van der Waals surface area contributed by atoms with Crippen LogP contribution in [0.5, 0.6) is 0 Å². The summed E-state index contributed by atoms with van der Waals surface area (Å²) in [7, 11) is 0. The summed E-state index contributed by atoms with van der Waals surface area (Å²) < 4.78 is 0. The second kappa shape index (κ2) is 13.6. The monoisotopic (exact) mass is 638 g/mol. The number of hydrogen-bond donors (Lipinski definition) is 0. The molecule has 0 aliphatic heterocycles. The van der Waals surface area contributed by atoms with Crippen LogP contribution in [0, 0.1) is 11.3 Å². The Morgan fingerprint density at radius 3 is 0.900 bits per heavy atom. The average Bonchev–Trinajstić information content (AvgIpc) is 3.21. The van der Waals surface area contributed by atoms with Crippen molar-refractivity contribution in [3.8, 4) is 84.7 Å². The first-order chi connectivity index (χ1) is 24.7. The highest BCUT2D eigenvalue weighted by molar-refractivity contribution is 5.95. The number of rotatable bonds is 7. The third kappa shape index (κ3) is 6.20. The lowest BCUT2D eigenvalue weighted by Gasteiger charge is -2.18. The van der Waals surface area contributed by atoms with Crippen LogP contribution in [0.3, 0.4) is 0 Å². The molecule has 7 aromatic carbocycles. The van der Waals surface area contributed by atoms with Crippen molar-refractivity contribution >= 4 is 0 Å². The van der Waals surface area contributed by atoms with Gasteiger partial charge in [0.1, 0.15) is 0 Å². The van der Waals surface area contributed by atoms with E-state index >= 15 is 0 Å². The van der Waals surface area contributed by atoms with Crippen LogP contribution in [-0.4, -0.2) is 15.0 Å². The molecular weight excluding hydrogens is 609 g/mol. The molecule has 0 atom stereocenters. The molecule has 8 aromatic rings. The quantitative estimate of drug-likeness (QED) is 0.174. The molecule has 1 aromatic heterocycles. The van der Waals surface area contributed by atoms with Gasteiger partial charge < -0.3 is 0 Å². The third-order valence-electron chi connectivity index (χ3n) is 8.81. The number of nitriles is 1. The summed E-state index contributed by atoms with van der Waals surface area (Å²) in [5.41, 5.74) is 12.3. The minimum absolute atomic E-state index is 0.619. The van der Waals surface area contributed by atoms with Gasteiger partial charge in [-0.25, -0.2) is 15.0 Å². The van der Waals surface area contributed by atoms with Crippen molar-refractivity contribution in [2.45, 2.75) is 0 Å². The maximum Gasteiger partial charge on any atom is 0.164 e. The zero-order valence-corrected chi connectivity index (χ0v) is 27.1. The van der Waals surface area contributed by atoms with Gasteiger partial charge in [-0.2, -0.15) is 5.26 Å². The number of aromatic nitrogens is 3. The van der Waals surface area contributed by atoms with Crippen molar-refractivity contribution < 1.29 is 0 Å². The van der Waals surface area contributed by atoms with Gasteiger partial charge in [-0.3, -0.25) is 0 Å². The smallest absolute Gasteiger partial charge is 0.164 e. The fourth-order valence-corrected chi connectivity index (χ4v) is 6.25. The molecule has 0 unspecified atom stereocenters. The molecular formula is C46H30N4. The summed E-state index contributed by atoms with van der Waals surface area (Å²) in [4.78, 5) is 14.7. The molecule has 0 N–H and O–H groups in total. The van der Waals surface area contributed by atoms with Crippen molar-refractivity contribution in [3.05, 3.63) is 188 Å². The summed E-state index contributed by atoms with van der Waals surface area (Å²) in [5.74, 6) is 1.89. The summed E-state index contributed by atoms with van der Waals surface area (Å²) in [6.45, 7) is 0. The Kier molecular flexibility index (Phi) is 8.29. The summed E-state index contributed by atoms with van der Waals surface area (Å²) in [6.07, 6.45) is 0. The van der Waals surface area contributed by atoms with Crippen molar-refractivity contribution in [3.63, 3.8) is 0 Å². The second-order valence-electron chi connectivity index (χ2n) is 12.0. The van der Waals surface area contributed by atoms with E-state index < -0.39 is 0 Å². The standard InChI is InChI=1S/C46H30N4/c47-31-32-21-23-35(24-22-32)42-29-41(34-15-7-2-8-16-34)43(30-40(42)33-13-5-1-6-14-33)36-25-27-39(28-26-36)46-49-44(37-17-9-3-10-18-37)48-45(50-46)38-19-11-4-12-20-38/h1-30H. The van der Waals surface area contributed by atoms with E-state index in [1.165, 1.54) is 0 Å². The SMILES string of the molecule is N#Cc1ccc(-c2cc(-c3ccccc3)c(-c3ccc(-c4nc(-c5ccccc5)nc(-c5ccccc5)n4)cc3)cc2-c2ccccc2)cc1. The summed E-state index contributed by atoms with van der Waals surface area (Å²) >= 11 is 0. The lowest BCUT2D eigenvalue weighted by atomic mass is 9.85. The number of benzene rings is 7. The minimum Gasteiger partial charge on any atom is -0.208 e. The van der Waals surface area contributed by atoms with Crippen LogP contribution in [-0.2, 0) is 0 Å². The fourth-order valence-electron chi connectivity index (χ4n) is 6.25. The van der Waals surface area contributed by atoms with E-state index in [-0.39, 0.29) is 0 Å². The van der Waals surface area contributed by atoms with Crippen LogP contribution in [0.15, 0.2) is 182 Å². The highest BCUT2D eigenvalue weighted by atomic mass is 15.0. The van der Waals surface area contributed by atoms with Gasteiger partial charge in [0.05, 0.1) is 11.6 Å². The Bertz CT molecular complexity index is 2380. The van der Waals surface area contributed by atoms with Gasteiger partial charge in [0.25, 0.3) is 0 Å². The normalized spacial score (nSPS) is 10.8. The summed E-state index contributed by atoms with van der Waals surface area (Å²) in [5, 5.41) is 9.45. The van der Waals surface area contributed by atoms with Crippen LogP contribution in [0.2, 0.25) is 0 Å². The van der Waals surface area contributed by atoms with E-state index in [0.717, 1.165) is 61.2 Å². The van der Waals surface area contributed by atoms with Crippen LogP contribution in [0.1, 0.15) is 5.56 Å².